The fourth-order valence-corrected chi connectivity index (χ4v) is 3.90. The summed E-state index contributed by atoms with van der Waals surface area (Å²) in [6.45, 7) is 9.40. The summed E-state index contributed by atoms with van der Waals surface area (Å²) < 4.78 is 31.7. The van der Waals surface area contributed by atoms with Gasteiger partial charge in [0, 0.05) is 6.54 Å². The lowest BCUT2D eigenvalue weighted by Crippen LogP contribution is -2.31. The van der Waals surface area contributed by atoms with Gasteiger partial charge < -0.3 is 24.2 Å². The van der Waals surface area contributed by atoms with Gasteiger partial charge in [-0.3, -0.25) is 10.2 Å². The van der Waals surface area contributed by atoms with Gasteiger partial charge >= 0.3 is 5.97 Å². The summed E-state index contributed by atoms with van der Waals surface area (Å²) in [6.07, 6.45) is 0. The Balaban J connectivity index is 1.92. The Labute approximate surface area is 204 Å². The van der Waals surface area contributed by atoms with Crippen molar-refractivity contribution in [2.24, 2.45) is 0 Å². The van der Waals surface area contributed by atoms with Crippen LogP contribution in [0.5, 0.6) is 17.2 Å². The molecule has 1 aliphatic rings. The van der Waals surface area contributed by atoms with Crippen LogP contribution in [0.25, 0.3) is 0 Å². The Morgan fingerprint density at radius 1 is 1.09 bits per heavy atom. The van der Waals surface area contributed by atoms with E-state index in [1.807, 2.05) is 20.8 Å². The fourth-order valence-electron chi connectivity index (χ4n) is 3.90. The van der Waals surface area contributed by atoms with Crippen molar-refractivity contribution in [1.29, 1.82) is 5.41 Å². The van der Waals surface area contributed by atoms with Gasteiger partial charge in [0.15, 0.2) is 29.7 Å². The van der Waals surface area contributed by atoms with Crippen LogP contribution in [0.2, 0.25) is 0 Å². The lowest BCUT2D eigenvalue weighted by Gasteiger charge is -2.22. The molecule has 2 aromatic rings. The molecule has 0 atom stereocenters. The van der Waals surface area contributed by atoms with Crippen LogP contribution in [0.1, 0.15) is 61.7 Å². The molecule has 35 heavy (non-hydrogen) atoms. The van der Waals surface area contributed by atoms with Crippen molar-refractivity contribution in [1.82, 2.24) is 4.90 Å². The first-order chi connectivity index (χ1) is 16.5. The van der Waals surface area contributed by atoms with Crippen molar-refractivity contribution < 1.29 is 33.3 Å². The van der Waals surface area contributed by atoms with Crippen LogP contribution in [-0.4, -0.2) is 54.0 Å². The van der Waals surface area contributed by atoms with Crippen molar-refractivity contribution in [3.63, 3.8) is 0 Å². The van der Waals surface area contributed by atoms with E-state index in [4.69, 9.17) is 24.7 Å². The standard InChI is InChI=1S/C26H31FN2O6/c1-6-33-20-10-15-12-29(25(28)22(15)23(27)24(20)34-7-2)13-18(30)17-11-16(26(3,4)5)8-9-19(17)35-14-21(31)32/h8-11,28H,6-7,12-14H2,1-5H3,(H,31,32). The van der Waals surface area contributed by atoms with E-state index in [-0.39, 0.29) is 65.1 Å². The number of amidine groups is 1. The number of Topliss-reactive ketones (excluding diaryl/α,β-unsaturated/α-hetero) is 1. The lowest BCUT2D eigenvalue weighted by molar-refractivity contribution is -0.139. The van der Waals surface area contributed by atoms with Crippen LogP contribution in [0.15, 0.2) is 24.3 Å². The Bertz CT molecular complexity index is 1160. The molecule has 2 aromatic carbocycles. The molecule has 0 saturated heterocycles. The normalized spacial score (nSPS) is 13.0. The SMILES string of the molecule is CCOc1cc2c(c(F)c1OCC)C(=N)N(CC(=O)c1cc(C(C)(C)C)ccc1OCC(=O)O)C2. The summed E-state index contributed by atoms with van der Waals surface area (Å²) in [5.74, 6) is -1.99. The number of carbonyl (C=O) groups excluding carboxylic acids is 1. The molecule has 0 aliphatic carbocycles. The molecule has 0 spiro atoms. The van der Waals surface area contributed by atoms with Crippen LogP contribution < -0.4 is 14.2 Å². The maximum atomic E-state index is 15.3. The van der Waals surface area contributed by atoms with Gasteiger partial charge in [0.05, 0.1) is 30.9 Å². The smallest absolute Gasteiger partial charge is 0.341 e. The van der Waals surface area contributed by atoms with Crippen LogP contribution in [0, 0.1) is 11.2 Å². The molecule has 0 radical (unpaired) electrons. The monoisotopic (exact) mass is 486 g/mol. The molecule has 8 nitrogen and oxygen atoms in total. The number of hydrogen-bond acceptors (Lipinski definition) is 6. The molecule has 9 heteroatoms. The lowest BCUT2D eigenvalue weighted by atomic mass is 9.85. The summed E-state index contributed by atoms with van der Waals surface area (Å²) in [7, 11) is 0. The zero-order valence-electron chi connectivity index (χ0n) is 20.7. The molecule has 3 rings (SSSR count). The predicted octanol–water partition coefficient (Wildman–Crippen LogP) is 4.41. The molecule has 1 aliphatic heterocycles. The zero-order valence-corrected chi connectivity index (χ0v) is 20.7. The van der Waals surface area contributed by atoms with E-state index in [0.29, 0.717) is 12.2 Å². The summed E-state index contributed by atoms with van der Waals surface area (Å²) >= 11 is 0. The highest BCUT2D eigenvalue weighted by Gasteiger charge is 2.33. The van der Waals surface area contributed by atoms with E-state index < -0.39 is 18.4 Å². The quantitative estimate of drug-likeness (QED) is 0.479. The number of halogens is 1. The highest BCUT2D eigenvalue weighted by atomic mass is 19.1. The third-order valence-electron chi connectivity index (χ3n) is 5.60. The number of rotatable bonds is 10. The number of hydrogen-bond donors (Lipinski definition) is 2. The molecule has 188 valence electrons. The van der Waals surface area contributed by atoms with Gasteiger partial charge in [-0.25, -0.2) is 9.18 Å². The minimum atomic E-state index is -1.16. The van der Waals surface area contributed by atoms with E-state index in [1.165, 1.54) is 4.90 Å². The number of nitrogens with one attached hydrogen (secondary N) is 1. The van der Waals surface area contributed by atoms with Crippen molar-refractivity contribution in [3.05, 3.63) is 52.3 Å². The number of ketones is 1. The predicted molar refractivity (Wildman–Crippen MR) is 129 cm³/mol. The second-order valence-corrected chi connectivity index (χ2v) is 9.19. The first-order valence-electron chi connectivity index (χ1n) is 11.4. The summed E-state index contributed by atoms with van der Waals surface area (Å²) in [6, 6.07) is 6.71. The molecule has 0 saturated carbocycles. The number of nitrogens with zero attached hydrogens (tertiary/aromatic N) is 1. The highest BCUT2D eigenvalue weighted by molar-refractivity contribution is 6.06. The number of ether oxygens (including phenoxy) is 3. The minimum absolute atomic E-state index is 0.0479. The molecule has 0 bridgehead atoms. The Hall–Kier alpha value is -3.62. The van der Waals surface area contributed by atoms with E-state index in [9.17, 15) is 9.59 Å². The Morgan fingerprint density at radius 3 is 2.37 bits per heavy atom. The Kier molecular flexibility index (Phi) is 7.67. The number of carbonyl (C=O) groups is 2. The summed E-state index contributed by atoms with van der Waals surface area (Å²) in [5.41, 5.74) is 1.43. The van der Waals surface area contributed by atoms with Gasteiger partial charge in [-0.2, -0.15) is 0 Å². The minimum Gasteiger partial charge on any atom is -0.490 e. The van der Waals surface area contributed by atoms with Crippen LogP contribution in [0.4, 0.5) is 4.39 Å². The fraction of sp³-hybridized carbons (Fsp3) is 0.423. The largest absolute Gasteiger partial charge is 0.490 e. The third-order valence-corrected chi connectivity index (χ3v) is 5.60. The van der Waals surface area contributed by atoms with Crippen molar-refractivity contribution in [2.45, 2.75) is 46.6 Å². The molecule has 0 aromatic heterocycles. The van der Waals surface area contributed by atoms with E-state index >= 15 is 4.39 Å². The second kappa shape index (κ2) is 10.3. The molecular formula is C26H31FN2O6. The first-order valence-corrected chi connectivity index (χ1v) is 11.4. The molecular weight excluding hydrogens is 455 g/mol. The van der Waals surface area contributed by atoms with E-state index in [2.05, 4.69) is 0 Å². The summed E-state index contributed by atoms with van der Waals surface area (Å²) in [4.78, 5) is 25.8. The van der Waals surface area contributed by atoms with Gasteiger partial charge in [0.25, 0.3) is 0 Å². The van der Waals surface area contributed by atoms with Crippen molar-refractivity contribution >= 4 is 17.6 Å². The molecule has 0 fully saturated rings. The molecule has 1 heterocycles. The van der Waals surface area contributed by atoms with Gasteiger partial charge in [-0.05, 0) is 48.6 Å². The molecule has 0 unspecified atom stereocenters. The van der Waals surface area contributed by atoms with Gasteiger partial charge in [-0.15, -0.1) is 0 Å². The van der Waals surface area contributed by atoms with Crippen LogP contribution >= 0.6 is 0 Å². The zero-order chi connectivity index (χ0) is 25.9. The van der Waals surface area contributed by atoms with Crippen LogP contribution in [0.3, 0.4) is 0 Å². The number of benzene rings is 2. The second-order valence-electron chi connectivity index (χ2n) is 9.19. The maximum absolute atomic E-state index is 15.3. The number of carboxylic acids is 1. The number of fused-ring (bicyclic) bond motifs is 1. The Morgan fingerprint density at radius 2 is 1.77 bits per heavy atom. The van der Waals surface area contributed by atoms with Gasteiger partial charge in [-0.1, -0.05) is 26.8 Å². The molecule has 2 N–H and O–H groups in total. The summed E-state index contributed by atoms with van der Waals surface area (Å²) in [5, 5.41) is 17.5. The highest BCUT2D eigenvalue weighted by Crippen LogP contribution is 2.39. The first kappa shape index (κ1) is 26.0. The van der Waals surface area contributed by atoms with Crippen molar-refractivity contribution in [2.75, 3.05) is 26.4 Å². The van der Waals surface area contributed by atoms with E-state index in [0.717, 1.165) is 5.56 Å². The van der Waals surface area contributed by atoms with Gasteiger partial charge in [0.1, 0.15) is 11.6 Å². The molecule has 0 amide bonds. The average molecular weight is 487 g/mol. The van der Waals surface area contributed by atoms with Gasteiger partial charge in [0.2, 0.25) is 0 Å². The van der Waals surface area contributed by atoms with Crippen molar-refractivity contribution in [3.8, 4) is 17.2 Å². The topological polar surface area (TPSA) is 109 Å². The third kappa shape index (κ3) is 5.55. The number of carboxylic acid groups (broad SMARTS) is 1. The van der Waals surface area contributed by atoms with Crippen LogP contribution in [-0.2, 0) is 16.8 Å². The number of aliphatic carboxylic acids is 1. The maximum Gasteiger partial charge on any atom is 0.341 e. The van der Waals surface area contributed by atoms with E-state index in [1.54, 1.807) is 38.1 Å². The average Bonchev–Trinajstić information content (AvgIpc) is 3.09.